The zero-order valence-corrected chi connectivity index (χ0v) is 20.2. The number of carbonyl (C=O) groups is 3. The van der Waals surface area contributed by atoms with E-state index < -0.39 is 17.9 Å². The van der Waals surface area contributed by atoms with Gasteiger partial charge >= 0.3 is 39.9 Å². The van der Waals surface area contributed by atoms with Crippen LogP contribution < -0.4 is 15.3 Å². The molecule has 32 heavy (non-hydrogen) atoms. The topological polar surface area (TPSA) is 133 Å². The molecule has 0 bridgehead atoms. The number of carbonyl (C=O) groups excluding carboxylic acids is 3. The van der Waals surface area contributed by atoms with Gasteiger partial charge in [0, 0.05) is 78.5 Å². The molecule has 1 aliphatic heterocycles. The van der Waals surface area contributed by atoms with Crippen LogP contribution in [0.25, 0.3) is 0 Å². The Kier molecular flexibility index (Phi) is 14.1. The third-order valence-electron chi connectivity index (χ3n) is 5.24. The number of aliphatic carboxylic acids is 3. The number of nitrogens with zero attached hydrogens (tertiary/aromatic N) is 4. The van der Waals surface area contributed by atoms with Crippen molar-refractivity contribution >= 4 is 17.9 Å². The second-order valence-electron chi connectivity index (χ2n) is 7.71. The molecule has 0 unspecified atom stereocenters. The molecule has 10 nitrogen and oxygen atoms in total. The fourth-order valence-electron chi connectivity index (χ4n) is 3.60. The monoisotopic (exact) mass is 591 g/mol. The van der Waals surface area contributed by atoms with Crippen LogP contribution in [-0.4, -0.2) is 109 Å². The largest absolute Gasteiger partial charge is 3.00 e. The van der Waals surface area contributed by atoms with Crippen LogP contribution in [0.4, 0.5) is 0 Å². The summed E-state index contributed by atoms with van der Waals surface area (Å²) >= 11 is 0. The summed E-state index contributed by atoms with van der Waals surface area (Å²) in [4.78, 5) is 40.7. The van der Waals surface area contributed by atoms with Crippen molar-refractivity contribution < 1.29 is 69.6 Å². The van der Waals surface area contributed by atoms with Crippen molar-refractivity contribution in [3.8, 4) is 0 Å². The molecule has 1 radical (unpaired) electrons. The number of rotatable bonds is 8. The summed E-state index contributed by atoms with van der Waals surface area (Å²) in [6.07, 6.45) is 0. The molecule has 0 aromatic heterocycles. The van der Waals surface area contributed by atoms with Gasteiger partial charge in [0.25, 0.3) is 0 Å². The summed E-state index contributed by atoms with van der Waals surface area (Å²) in [6.45, 7) is 3.25. The second kappa shape index (κ2) is 15.6. The summed E-state index contributed by atoms with van der Waals surface area (Å²) < 4.78 is 0. The van der Waals surface area contributed by atoms with Crippen LogP contribution in [0.2, 0.25) is 0 Å². The van der Waals surface area contributed by atoms with E-state index in [1.165, 1.54) is 0 Å². The Morgan fingerprint density at radius 2 is 0.906 bits per heavy atom. The molecule has 0 spiro atoms. The first-order valence-electron chi connectivity index (χ1n) is 10.3. The molecule has 0 atom stereocenters. The molecule has 1 aliphatic rings. The van der Waals surface area contributed by atoms with E-state index in [1.54, 1.807) is 14.7 Å². The summed E-state index contributed by atoms with van der Waals surface area (Å²) in [5, 5.41) is 33.4. The van der Waals surface area contributed by atoms with Gasteiger partial charge in [-0.1, -0.05) is 30.3 Å². The molecular weight excluding hydrogens is 562 g/mol. The van der Waals surface area contributed by atoms with Gasteiger partial charge < -0.3 is 29.7 Å². The molecule has 177 valence electrons. The minimum atomic E-state index is -1.24. The molecule has 1 aromatic rings. The van der Waals surface area contributed by atoms with Gasteiger partial charge in [0.1, 0.15) is 0 Å². The normalized spacial score (nSPS) is 18.1. The molecule has 1 aromatic carbocycles. The predicted molar refractivity (Wildman–Crippen MR) is 106 cm³/mol. The molecule has 1 saturated heterocycles. The van der Waals surface area contributed by atoms with E-state index in [9.17, 15) is 29.7 Å². The van der Waals surface area contributed by atoms with Gasteiger partial charge in [-0.15, -0.1) is 0 Å². The maximum atomic E-state index is 11.2. The Bertz CT molecular complexity index is 692. The fourth-order valence-corrected chi connectivity index (χ4v) is 3.60. The summed E-state index contributed by atoms with van der Waals surface area (Å²) in [6, 6.07) is 9.84. The zero-order valence-electron chi connectivity index (χ0n) is 18.0. The van der Waals surface area contributed by atoms with Crippen molar-refractivity contribution in [3.05, 3.63) is 35.9 Å². The minimum Gasteiger partial charge on any atom is -0.549 e. The summed E-state index contributed by atoms with van der Waals surface area (Å²) in [7, 11) is 0. The van der Waals surface area contributed by atoms with E-state index in [2.05, 4.69) is 4.90 Å². The number of hydrogen-bond acceptors (Lipinski definition) is 10. The molecule has 11 heteroatoms. The van der Waals surface area contributed by atoms with Crippen molar-refractivity contribution in [1.82, 2.24) is 19.6 Å². The predicted octanol–water partition coefficient (Wildman–Crippen LogP) is -4.34. The quantitative estimate of drug-likeness (QED) is 0.293. The summed E-state index contributed by atoms with van der Waals surface area (Å²) in [5.74, 6) is -3.61. The molecular formula is C21H29GdN4O6. The number of hydrogen-bond donors (Lipinski definition) is 0. The van der Waals surface area contributed by atoms with Gasteiger partial charge in [0.2, 0.25) is 0 Å². The van der Waals surface area contributed by atoms with Crippen LogP contribution in [0.1, 0.15) is 5.56 Å². The minimum absolute atomic E-state index is 0. The van der Waals surface area contributed by atoms with Crippen LogP contribution in [0.3, 0.4) is 0 Å². The van der Waals surface area contributed by atoms with E-state index in [0.29, 0.717) is 58.9 Å². The average molecular weight is 591 g/mol. The first kappa shape index (κ1) is 28.8. The Balaban J connectivity index is 0.00000512. The molecule has 2 rings (SSSR count). The van der Waals surface area contributed by atoms with Crippen LogP contribution in [-0.2, 0) is 20.9 Å². The maximum Gasteiger partial charge on any atom is 3.00 e. The third kappa shape index (κ3) is 12.1. The standard InChI is InChI=1S/C21H32N4O6.Gd/c26-19(27)15-23-8-6-22(14-18-4-2-1-3-5-18)7-9-24(16-20(28)29)11-13-25(12-10-23)17-21(30)31;/h1-5H,6-17H2,(H,26,27)(H,28,29)(H,30,31);/q;+3/p-3. The van der Waals surface area contributed by atoms with Crippen molar-refractivity contribution in [3.63, 3.8) is 0 Å². The molecule has 0 saturated carbocycles. The Morgan fingerprint density at radius 1 is 0.594 bits per heavy atom. The molecule has 1 fully saturated rings. The molecule has 0 N–H and O–H groups in total. The van der Waals surface area contributed by atoms with Crippen molar-refractivity contribution in [2.75, 3.05) is 72.0 Å². The molecule has 1 heterocycles. The third-order valence-corrected chi connectivity index (χ3v) is 5.24. The maximum absolute atomic E-state index is 11.2. The first-order chi connectivity index (χ1) is 14.8. The summed E-state index contributed by atoms with van der Waals surface area (Å²) in [5.41, 5.74) is 1.10. The molecule has 0 aliphatic carbocycles. The van der Waals surface area contributed by atoms with Gasteiger partial charge in [-0.2, -0.15) is 0 Å². The second-order valence-corrected chi connectivity index (χ2v) is 7.71. The number of carboxylic acid groups (broad SMARTS) is 3. The fraction of sp³-hybridized carbons (Fsp3) is 0.571. The van der Waals surface area contributed by atoms with Gasteiger partial charge in [-0.3, -0.25) is 19.6 Å². The van der Waals surface area contributed by atoms with E-state index in [-0.39, 0.29) is 59.6 Å². The SMILES string of the molecule is O=C([O-])CN1CCN(CC(=O)[O-])CCN(Cc2ccccc2)CCN(CC(=O)[O-])CC1.[Gd+3]. The smallest absolute Gasteiger partial charge is 0.549 e. The van der Waals surface area contributed by atoms with Gasteiger partial charge in [-0.05, 0) is 5.56 Å². The number of benzene rings is 1. The average Bonchev–Trinajstić information content (AvgIpc) is 2.69. The Labute approximate surface area is 220 Å². The zero-order chi connectivity index (χ0) is 22.6. The first-order valence-corrected chi connectivity index (χ1v) is 10.3. The van der Waals surface area contributed by atoms with E-state index in [0.717, 1.165) is 5.56 Å². The van der Waals surface area contributed by atoms with Crippen LogP contribution in [0.5, 0.6) is 0 Å². The van der Waals surface area contributed by atoms with Crippen LogP contribution in [0.15, 0.2) is 30.3 Å². The van der Waals surface area contributed by atoms with Crippen LogP contribution >= 0.6 is 0 Å². The van der Waals surface area contributed by atoms with Gasteiger partial charge in [0.05, 0.1) is 17.9 Å². The van der Waals surface area contributed by atoms with E-state index in [1.807, 2.05) is 30.3 Å². The Morgan fingerprint density at radius 3 is 1.22 bits per heavy atom. The van der Waals surface area contributed by atoms with Crippen molar-refractivity contribution in [2.24, 2.45) is 0 Å². The van der Waals surface area contributed by atoms with Gasteiger partial charge in [-0.25, -0.2) is 0 Å². The van der Waals surface area contributed by atoms with Crippen LogP contribution in [0, 0.1) is 39.9 Å². The van der Waals surface area contributed by atoms with Gasteiger partial charge in [0.15, 0.2) is 0 Å². The number of carboxylic acids is 3. The van der Waals surface area contributed by atoms with E-state index >= 15 is 0 Å². The van der Waals surface area contributed by atoms with E-state index in [4.69, 9.17) is 0 Å². The van der Waals surface area contributed by atoms with Crippen molar-refractivity contribution in [1.29, 1.82) is 0 Å². The molecule has 0 amide bonds. The van der Waals surface area contributed by atoms with Crippen molar-refractivity contribution in [2.45, 2.75) is 6.54 Å². The Hall–Kier alpha value is -1.21.